The highest BCUT2D eigenvalue weighted by Gasteiger charge is 2.32. The fourth-order valence-corrected chi connectivity index (χ4v) is 2.22. The second kappa shape index (κ2) is 7.70. The Labute approximate surface area is 126 Å². The van der Waals surface area contributed by atoms with Crippen LogP contribution in [-0.2, 0) is 0 Å². The van der Waals surface area contributed by atoms with Crippen LogP contribution in [0.2, 0.25) is 0 Å². The topological polar surface area (TPSA) is 60.8 Å². The van der Waals surface area contributed by atoms with Crippen LogP contribution in [0.1, 0.15) is 39.2 Å². The third kappa shape index (κ3) is 5.49. The van der Waals surface area contributed by atoms with Crippen molar-refractivity contribution in [3.05, 3.63) is 35.9 Å². The summed E-state index contributed by atoms with van der Waals surface area (Å²) in [6.07, 6.45) is 0.0393. The van der Waals surface area contributed by atoms with E-state index in [9.17, 15) is 15.0 Å². The van der Waals surface area contributed by atoms with E-state index in [0.29, 0.717) is 12.8 Å². The van der Waals surface area contributed by atoms with Gasteiger partial charge >= 0.3 is 6.09 Å². The molecule has 4 nitrogen and oxygen atoms in total. The number of hydrogen-bond acceptors (Lipinski definition) is 2. The smallest absolute Gasteiger partial charge is 0.408 e. The highest BCUT2D eigenvalue weighted by atomic mass is 16.4. The molecule has 1 amide bonds. The summed E-state index contributed by atoms with van der Waals surface area (Å²) < 4.78 is 0. The van der Waals surface area contributed by atoms with E-state index < -0.39 is 17.7 Å². The molecule has 1 atom stereocenters. The van der Waals surface area contributed by atoms with Gasteiger partial charge in [0.25, 0.3) is 0 Å². The molecule has 0 aliphatic carbocycles. The van der Waals surface area contributed by atoms with E-state index in [1.165, 1.54) is 4.90 Å². The quantitative estimate of drug-likeness (QED) is 0.838. The number of aliphatic hydroxyl groups is 1. The number of aliphatic hydroxyl groups excluding tert-OH is 1. The van der Waals surface area contributed by atoms with Crippen LogP contribution in [0.15, 0.2) is 30.3 Å². The van der Waals surface area contributed by atoms with Gasteiger partial charge in [0.05, 0.1) is 12.6 Å². The first-order valence-electron chi connectivity index (χ1n) is 7.03. The van der Waals surface area contributed by atoms with Crippen molar-refractivity contribution in [1.29, 1.82) is 0 Å². The standard InChI is InChI=1S/C17H23NO3/c1-17(2,3)18(16(20)21)15(13-19)12-8-7-11-14-9-5-4-6-10-14/h4-6,9-10,15,19H,8,12-13H2,1-3H3,(H,20,21). The molecule has 0 aliphatic rings. The van der Waals surface area contributed by atoms with Crippen molar-refractivity contribution in [1.82, 2.24) is 4.90 Å². The summed E-state index contributed by atoms with van der Waals surface area (Å²) in [5.41, 5.74) is 0.385. The van der Waals surface area contributed by atoms with Crippen molar-refractivity contribution in [2.75, 3.05) is 6.61 Å². The van der Waals surface area contributed by atoms with Gasteiger partial charge in [0.2, 0.25) is 0 Å². The number of carbonyl (C=O) groups is 1. The zero-order chi connectivity index (χ0) is 15.9. The van der Waals surface area contributed by atoms with Crippen molar-refractivity contribution >= 4 is 6.09 Å². The lowest BCUT2D eigenvalue weighted by Gasteiger charge is -2.38. The van der Waals surface area contributed by atoms with E-state index in [2.05, 4.69) is 11.8 Å². The predicted molar refractivity (Wildman–Crippen MR) is 83.0 cm³/mol. The number of carboxylic acid groups (broad SMARTS) is 1. The Bertz CT molecular complexity index is 508. The van der Waals surface area contributed by atoms with Crippen molar-refractivity contribution < 1.29 is 15.0 Å². The predicted octanol–water partition coefficient (Wildman–Crippen LogP) is 2.96. The second-order valence-corrected chi connectivity index (χ2v) is 5.87. The van der Waals surface area contributed by atoms with E-state index in [0.717, 1.165) is 5.56 Å². The van der Waals surface area contributed by atoms with Crippen LogP contribution in [-0.4, -0.2) is 39.4 Å². The highest BCUT2D eigenvalue weighted by molar-refractivity contribution is 5.66. The van der Waals surface area contributed by atoms with Crippen LogP contribution in [0.5, 0.6) is 0 Å². The van der Waals surface area contributed by atoms with E-state index in [4.69, 9.17) is 0 Å². The molecule has 0 aliphatic heterocycles. The van der Waals surface area contributed by atoms with Gasteiger partial charge in [0.1, 0.15) is 0 Å². The summed E-state index contributed by atoms with van der Waals surface area (Å²) >= 11 is 0. The molecule has 1 aromatic rings. The van der Waals surface area contributed by atoms with E-state index in [-0.39, 0.29) is 6.61 Å². The fourth-order valence-electron chi connectivity index (χ4n) is 2.22. The van der Waals surface area contributed by atoms with Crippen LogP contribution in [0, 0.1) is 11.8 Å². The van der Waals surface area contributed by atoms with Gasteiger partial charge in [-0.15, -0.1) is 0 Å². The lowest BCUT2D eigenvalue weighted by atomic mass is 10.0. The molecule has 4 heteroatoms. The molecule has 0 saturated heterocycles. The minimum Gasteiger partial charge on any atom is -0.465 e. The molecule has 0 spiro atoms. The van der Waals surface area contributed by atoms with Gasteiger partial charge in [-0.1, -0.05) is 30.0 Å². The molecule has 0 heterocycles. The molecular formula is C17H23NO3. The van der Waals surface area contributed by atoms with Gasteiger partial charge < -0.3 is 10.2 Å². The Morgan fingerprint density at radius 1 is 1.29 bits per heavy atom. The Kier molecular flexibility index (Phi) is 6.26. The van der Waals surface area contributed by atoms with Gasteiger partial charge in [-0.3, -0.25) is 4.90 Å². The molecule has 1 aromatic carbocycles. The maximum Gasteiger partial charge on any atom is 0.408 e. The molecule has 1 rings (SSSR count). The summed E-state index contributed by atoms with van der Waals surface area (Å²) in [6.45, 7) is 5.26. The van der Waals surface area contributed by atoms with E-state index >= 15 is 0 Å². The monoisotopic (exact) mass is 289 g/mol. The van der Waals surface area contributed by atoms with Gasteiger partial charge in [-0.25, -0.2) is 4.79 Å². The lowest BCUT2D eigenvalue weighted by Crippen LogP contribution is -2.52. The number of hydrogen-bond donors (Lipinski definition) is 2. The molecule has 2 N–H and O–H groups in total. The summed E-state index contributed by atoms with van der Waals surface area (Å²) in [6, 6.07) is 9.19. The number of nitrogens with zero attached hydrogens (tertiary/aromatic N) is 1. The second-order valence-electron chi connectivity index (χ2n) is 5.87. The molecule has 0 bridgehead atoms. The van der Waals surface area contributed by atoms with E-state index in [1.807, 2.05) is 51.1 Å². The Balaban J connectivity index is 2.66. The first-order valence-corrected chi connectivity index (χ1v) is 7.03. The van der Waals surface area contributed by atoms with Crippen LogP contribution < -0.4 is 0 Å². The first kappa shape index (κ1) is 17.1. The molecule has 1 unspecified atom stereocenters. The highest BCUT2D eigenvalue weighted by Crippen LogP contribution is 2.20. The number of benzene rings is 1. The third-order valence-corrected chi connectivity index (χ3v) is 3.11. The van der Waals surface area contributed by atoms with Crippen LogP contribution >= 0.6 is 0 Å². The van der Waals surface area contributed by atoms with Crippen molar-refractivity contribution in [3.8, 4) is 11.8 Å². The summed E-state index contributed by atoms with van der Waals surface area (Å²) in [5.74, 6) is 6.06. The normalized spacial score (nSPS) is 12.2. The average molecular weight is 289 g/mol. The fraction of sp³-hybridized carbons (Fsp3) is 0.471. The summed E-state index contributed by atoms with van der Waals surface area (Å²) in [5, 5.41) is 18.8. The lowest BCUT2D eigenvalue weighted by molar-refractivity contribution is 0.0437. The number of rotatable bonds is 4. The van der Waals surface area contributed by atoms with Gasteiger partial charge in [0, 0.05) is 17.5 Å². The van der Waals surface area contributed by atoms with Crippen molar-refractivity contribution in [2.24, 2.45) is 0 Å². The maximum absolute atomic E-state index is 11.4. The zero-order valence-corrected chi connectivity index (χ0v) is 12.8. The largest absolute Gasteiger partial charge is 0.465 e. The minimum atomic E-state index is -1.02. The maximum atomic E-state index is 11.4. The molecule has 114 valence electrons. The molecule has 0 fully saturated rings. The van der Waals surface area contributed by atoms with Crippen LogP contribution in [0.3, 0.4) is 0 Å². The molecule has 21 heavy (non-hydrogen) atoms. The molecular weight excluding hydrogens is 266 g/mol. The Hall–Kier alpha value is -1.99. The van der Waals surface area contributed by atoms with Crippen molar-refractivity contribution in [3.63, 3.8) is 0 Å². The molecule has 0 aromatic heterocycles. The summed E-state index contributed by atoms with van der Waals surface area (Å²) in [7, 11) is 0. The molecule has 0 radical (unpaired) electrons. The first-order chi connectivity index (χ1) is 9.86. The van der Waals surface area contributed by atoms with Crippen molar-refractivity contribution in [2.45, 2.75) is 45.2 Å². The summed E-state index contributed by atoms with van der Waals surface area (Å²) in [4.78, 5) is 12.7. The average Bonchev–Trinajstić information content (AvgIpc) is 2.41. The van der Waals surface area contributed by atoms with Gasteiger partial charge in [-0.05, 0) is 39.3 Å². The SMILES string of the molecule is CC(C)(C)N(C(=O)O)C(CO)CCC#Cc1ccccc1. The van der Waals surface area contributed by atoms with E-state index in [1.54, 1.807) is 0 Å². The molecule has 0 saturated carbocycles. The third-order valence-electron chi connectivity index (χ3n) is 3.11. The van der Waals surface area contributed by atoms with Crippen LogP contribution in [0.4, 0.5) is 4.79 Å². The minimum absolute atomic E-state index is 0.198. The number of amides is 1. The van der Waals surface area contributed by atoms with Gasteiger partial charge in [-0.2, -0.15) is 0 Å². The zero-order valence-electron chi connectivity index (χ0n) is 12.8. The Morgan fingerprint density at radius 3 is 2.38 bits per heavy atom. The van der Waals surface area contributed by atoms with Gasteiger partial charge in [0.15, 0.2) is 0 Å². The Morgan fingerprint density at radius 2 is 1.90 bits per heavy atom. The van der Waals surface area contributed by atoms with Crippen LogP contribution in [0.25, 0.3) is 0 Å².